The minimum atomic E-state index is -1.48. The number of aromatic nitrogens is 2. The fraction of sp³-hybridized carbons (Fsp3) is 0.308. The predicted molar refractivity (Wildman–Crippen MR) is 128 cm³/mol. The van der Waals surface area contributed by atoms with Gasteiger partial charge in [-0.15, -0.1) is 0 Å². The topological polar surface area (TPSA) is 105 Å². The Morgan fingerprint density at radius 2 is 1.68 bits per heavy atom. The fourth-order valence-electron chi connectivity index (χ4n) is 4.68. The van der Waals surface area contributed by atoms with Gasteiger partial charge in [-0.05, 0) is 45.4 Å². The molecule has 0 fully saturated rings. The molecule has 0 bridgehead atoms. The van der Waals surface area contributed by atoms with Gasteiger partial charge in [-0.1, -0.05) is 47.5 Å². The van der Waals surface area contributed by atoms with E-state index in [2.05, 4.69) is 15.3 Å². The Morgan fingerprint density at radius 3 is 2.29 bits per heavy atom. The minimum absolute atomic E-state index is 0.0307. The number of hydrogen-bond donors (Lipinski definition) is 2. The van der Waals surface area contributed by atoms with E-state index in [-0.39, 0.29) is 18.5 Å². The van der Waals surface area contributed by atoms with Gasteiger partial charge in [0, 0.05) is 29.7 Å². The Balaban J connectivity index is 2.04. The van der Waals surface area contributed by atoms with Gasteiger partial charge >= 0.3 is 12.0 Å². The Labute approximate surface area is 198 Å². The molecule has 0 radical (unpaired) electrons. The molecule has 2 unspecified atom stereocenters. The van der Waals surface area contributed by atoms with Gasteiger partial charge in [0.2, 0.25) is 12.0 Å². The number of hydrogen-bond acceptors (Lipinski definition) is 6. The number of carboxylic acid groups (broad SMARTS) is 1. The lowest BCUT2D eigenvalue weighted by Crippen LogP contribution is -2.58. The van der Waals surface area contributed by atoms with Gasteiger partial charge in [0.05, 0.1) is 6.54 Å². The summed E-state index contributed by atoms with van der Waals surface area (Å²) in [6.07, 6.45) is -1.48. The maximum atomic E-state index is 12.9. The second-order valence-corrected chi connectivity index (χ2v) is 8.78. The Bertz CT molecular complexity index is 1230. The first-order valence-corrected chi connectivity index (χ1v) is 11.0. The van der Waals surface area contributed by atoms with Crippen molar-refractivity contribution in [1.82, 2.24) is 15.3 Å². The van der Waals surface area contributed by atoms with E-state index >= 15 is 0 Å². The Morgan fingerprint density at radius 1 is 1.06 bits per heavy atom. The second kappa shape index (κ2) is 8.87. The number of carbonyl (C=O) groups is 2. The molecule has 176 valence electrons. The van der Waals surface area contributed by atoms with Crippen molar-refractivity contribution >= 4 is 17.6 Å². The van der Waals surface area contributed by atoms with Crippen LogP contribution in [0.2, 0.25) is 0 Å². The van der Waals surface area contributed by atoms with E-state index in [4.69, 9.17) is 4.74 Å². The molecule has 34 heavy (non-hydrogen) atoms. The van der Waals surface area contributed by atoms with Crippen LogP contribution in [0.5, 0.6) is 6.01 Å². The average Bonchev–Trinajstić information content (AvgIpc) is 2.87. The maximum absolute atomic E-state index is 12.9. The zero-order chi connectivity index (χ0) is 24.6. The molecule has 2 N–H and O–H groups in total. The van der Waals surface area contributed by atoms with Crippen LogP contribution in [-0.2, 0) is 15.1 Å². The lowest BCUT2D eigenvalue weighted by atomic mass is 9.76. The molecule has 1 amide bonds. The van der Waals surface area contributed by atoms with Gasteiger partial charge in [-0.25, -0.2) is 14.8 Å². The van der Waals surface area contributed by atoms with E-state index in [1.54, 1.807) is 31.9 Å². The van der Waals surface area contributed by atoms with Crippen LogP contribution in [0.3, 0.4) is 0 Å². The zero-order valence-corrected chi connectivity index (χ0v) is 19.9. The van der Waals surface area contributed by atoms with Gasteiger partial charge in [0.25, 0.3) is 0 Å². The number of aryl methyl sites for hydroxylation is 4. The van der Waals surface area contributed by atoms with E-state index in [1.165, 1.54) is 0 Å². The summed E-state index contributed by atoms with van der Waals surface area (Å²) in [5.74, 6) is -1.40. The van der Waals surface area contributed by atoms with Gasteiger partial charge < -0.3 is 14.7 Å². The molecule has 1 aliphatic rings. The third-order valence-corrected chi connectivity index (χ3v) is 6.06. The van der Waals surface area contributed by atoms with Crippen LogP contribution in [-0.4, -0.2) is 46.6 Å². The van der Waals surface area contributed by atoms with Crippen molar-refractivity contribution in [2.24, 2.45) is 0 Å². The molecule has 0 spiro atoms. The highest BCUT2D eigenvalue weighted by molar-refractivity contribution is 5.97. The summed E-state index contributed by atoms with van der Waals surface area (Å²) in [5.41, 5.74) is 3.75. The first kappa shape index (κ1) is 23.4. The van der Waals surface area contributed by atoms with Crippen LogP contribution in [0.15, 0.2) is 48.5 Å². The summed E-state index contributed by atoms with van der Waals surface area (Å²) in [7, 11) is 1.68. The van der Waals surface area contributed by atoms with Gasteiger partial charge in [-0.2, -0.15) is 0 Å². The summed E-state index contributed by atoms with van der Waals surface area (Å²) < 4.78 is 6.08. The van der Waals surface area contributed by atoms with E-state index in [0.717, 1.165) is 11.1 Å². The first-order valence-electron chi connectivity index (χ1n) is 11.0. The number of nitrogens with zero attached hydrogens (tertiary/aromatic N) is 3. The van der Waals surface area contributed by atoms with Crippen LogP contribution in [0, 0.1) is 27.7 Å². The largest absolute Gasteiger partial charge is 0.478 e. The number of nitrogens with one attached hydrogen (secondary N) is 1. The number of carboxylic acids is 1. The van der Waals surface area contributed by atoms with Crippen molar-refractivity contribution in [3.63, 3.8) is 0 Å². The molecule has 3 aromatic rings. The molecule has 1 aliphatic heterocycles. The highest BCUT2D eigenvalue weighted by atomic mass is 16.5. The lowest BCUT2D eigenvalue weighted by molar-refractivity contribution is -0.149. The standard InChI is InChI=1S/C26H28N4O4/c1-15-10-16(2)12-19(11-15)26(20-8-6-7-9-21(20)30(5)22(31)14-27-26)23(24(32)33)34-25-28-17(3)13-18(4)29-25/h6-13,23,27H,14H2,1-5H3,(H,32,33). The lowest BCUT2D eigenvalue weighted by Gasteiger charge is -2.39. The summed E-state index contributed by atoms with van der Waals surface area (Å²) in [4.78, 5) is 36.0. The zero-order valence-electron chi connectivity index (χ0n) is 19.9. The number of benzene rings is 2. The van der Waals surface area contributed by atoms with Crippen molar-refractivity contribution in [3.8, 4) is 6.01 Å². The predicted octanol–water partition coefficient (Wildman–Crippen LogP) is 3.05. The molecule has 1 aromatic heterocycles. The van der Waals surface area contributed by atoms with Crippen molar-refractivity contribution in [1.29, 1.82) is 0 Å². The minimum Gasteiger partial charge on any atom is -0.478 e. The number of fused-ring (bicyclic) bond motifs is 1. The number of rotatable bonds is 5. The van der Waals surface area contributed by atoms with Crippen LogP contribution < -0.4 is 15.0 Å². The van der Waals surface area contributed by atoms with Crippen LogP contribution in [0.1, 0.15) is 33.6 Å². The Hall–Kier alpha value is -3.78. The Kier molecular flexibility index (Phi) is 6.10. The highest BCUT2D eigenvalue weighted by Gasteiger charge is 2.52. The first-order chi connectivity index (χ1) is 16.1. The molecule has 0 aliphatic carbocycles. The molecular formula is C26H28N4O4. The number of para-hydroxylation sites is 1. The molecule has 0 saturated heterocycles. The maximum Gasteiger partial charge on any atom is 0.347 e. The third kappa shape index (κ3) is 4.12. The molecule has 2 atom stereocenters. The van der Waals surface area contributed by atoms with E-state index < -0.39 is 17.6 Å². The van der Waals surface area contributed by atoms with Gasteiger partial charge in [-0.3, -0.25) is 10.1 Å². The molecule has 2 aromatic carbocycles. The number of ether oxygens (including phenoxy) is 1. The van der Waals surface area contributed by atoms with Crippen molar-refractivity contribution < 1.29 is 19.4 Å². The second-order valence-electron chi connectivity index (χ2n) is 8.78. The quantitative estimate of drug-likeness (QED) is 0.603. The number of amides is 1. The van der Waals surface area contributed by atoms with Crippen LogP contribution in [0.4, 0.5) is 5.69 Å². The smallest absolute Gasteiger partial charge is 0.347 e. The molecule has 0 saturated carbocycles. The van der Waals surface area contributed by atoms with Gasteiger partial charge in [0.15, 0.2) is 0 Å². The molecule has 8 nitrogen and oxygen atoms in total. The van der Waals surface area contributed by atoms with Crippen LogP contribution in [0.25, 0.3) is 0 Å². The summed E-state index contributed by atoms with van der Waals surface area (Å²) >= 11 is 0. The number of likely N-dealkylation sites (N-methyl/N-ethyl adjacent to an activating group) is 1. The number of anilines is 1. The molecule has 2 heterocycles. The number of carbonyl (C=O) groups excluding carboxylic acids is 1. The summed E-state index contributed by atoms with van der Waals surface area (Å²) in [5, 5.41) is 13.8. The van der Waals surface area contributed by atoms with E-state index in [1.807, 2.05) is 56.3 Å². The number of aliphatic carboxylic acids is 1. The molecular weight excluding hydrogens is 432 g/mol. The van der Waals surface area contributed by atoms with E-state index in [9.17, 15) is 14.7 Å². The fourth-order valence-corrected chi connectivity index (χ4v) is 4.68. The average molecular weight is 461 g/mol. The molecule has 4 rings (SSSR count). The van der Waals surface area contributed by atoms with Gasteiger partial charge in [0.1, 0.15) is 5.54 Å². The van der Waals surface area contributed by atoms with Crippen molar-refractivity contribution in [3.05, 3.63) is 82.2 Å². The third-order valence-electron chi connectivity index (χ3n) is 6.06. The monoisotopic (exact) mass is 460 g/mol. The van der Waals surface area contributed by atoms with Crippen LogP contribution >= 0.6 is 0 Å². The SMILES string of the molecule is Cc1cc(C)cc(C2(C(Oc3nc(C)cc(C)n3)C(=O)O)NCC(=O)N(C)c3ccccc32)c1. The van der Waals surface area contributed by atoms with Crippen molar-refractivity contribution in [2.75, 3.05) is 18.5 Å². The highest BCUT2D eigenvalue weighted by Crippen LogP contribution is 2.42. The normalized spacial score (nSPS) is 18.7. The summed E-state index contributed by atoms with van der Waals surface area (Å²) in [6, 6.07) is 14.9. The molecule has 8 heteroatoms. The van der Waals surface area contributed by atoms with E-state index in [0.29, 0.717) is 28.2 Å². The van der Waals surface area contributed by atoms with Crippen molar-refractivity contribution in [2.45, 2.75) is 39.3 Å². The summed E-state index contributed by atoms with van der Waals surface area (Å²) in [6.45, 7) is 7.41.